The quantitative estimate of drug-likeness (QED) is 0.401. The van der Waals surface area contributed by atoms with Crippen LogP contribution in [-0.4, -0.2) is 21.5 Å². The molecule has 100 valence electrons. The van der Waals surface area contributed by atoms with E-state index in [0.717, 1.165) is 18.5 Å². The van der Waals surface area contributed by atoms with E-state index in [4.69, 9.17) is 0 Å². The topological polar surface area (TPSA) is 78.0 Å². The number of hydrogen-bond donors (Lipinski definition) is 0. The zero-order valence-electron chi connectivity index (χ0n) is 10.3. The molecule has 2 rings (SSSR count). The van der Waals surface area contributed by atoms with Crippen LogP contribution >= 0.6 is 0 Å². The average Bonchev–Trinajstić information content (AvgIpc) is 2.31. The molecule has 0 saturated carbocycles. The number of non-ortho nitro benzene ring substituents is 1. The van der Waals surface area contributed by atoms with Gasteiger partial charge in [0.1, 0.15) is 0 Å². The van der Waals surface area contributed by atoms with Crippen LogP contribution in [0, 0.1) is 10.1 Å². The molecule has 0 aliphatic rings. The monoisotopic (exact) mass is 311 g/mol. The third kappa shape index (κ3) is 3.88. The molecule has 1 heterocycles. The molecule has 0 saturated heterocycles. The Morgan fingerprint density at radius 3 is 2.55 bits per heavy atom. The molecule has 1 aromatic carbocycles. The fraction of sp³-hybridized carbons (Fsp3) is 0.111. The van der Waals surface area contributed by atoms with Gasteiger partial charge in [0.15, 0.2) is 0 Å². The van der Waals surface area contributed by atoms with E-state index in [1.165, 1.54) is 6.07 Å². The third-order valence-electron chi connectivity index (χ3n) is 2.42. The number of rotatable bonds is 3. The summed E-state index contributed by atoms with van der Waals surface area (Å²) >= 11 is 0. The fourth-order valence-corrected chi connectivity index (χ4v) is 1.61. The number of benzene rings is 1. The molecule has 0 aliphatic heterocycles. The number of aromatic nitrogens is 2. The predicted octanol–water partition coefficient (Wildman–Crippen LogP) is -1.30. The molecule has 0 unspecified atom stereocenters. The van der Waals surface area contributed by atoms with Gasteiger partial charge in [0, 0.05) is 12.1 Å². The maximum absolute atomic E-state index is 12.3. The zero-order valence-corrected chi connectivity index (χ0v) is 13.4. The summed E-state index contributed by atoms with van der Waals surface area (Å²) in [6, 6.07) is 3.27. The number of nitro groups is 1. The SMILES string of the molecule is O=c1c2cc([N+](=O)[O-])ccc2ncn1C[B-](F)(F)F.[K+]. The van der Waals surface area contributed by atoms with Gasteiger partial charge in [-0.15, -0.1) is 0 Å². The first-order valence-electron chi connectivity index (χ1n) is 5.12. The summed E-state index contributed by atoms with van der Waals surface area (Å²) in [5, 5.41) is 10.4. The molecule has 0 radical (unpaired) electrons. The second-order valence-corrected chi connectivity index (χ2v) is 3.87. The Kier molecular flexibility index (Phi) is 5.49. The summed E-state index contributed by atoms with van der Waals surface area (Å²) in [7, 11) is 0. The summed E-state index contributed by atoms with van der Waals surface area (Å²) in [5.41, 5.74) is -1.21. The number of hydrogen-bond acceptors (Lipinski definition) is 4. The number of nitro benzene ring substituents is 1. The van der Waals surface area contributed by atoms with Gasteiger partial charge < -0.3 is 17.5 Å². The first kappa shape index (κ1) is 17.3. The molecule has 0 bridgehead atoms. The minimum Gasteiger partial charge on any atom is -0.448 e. The molecule has 0 spiro atoms. The van der Waals surface area contributed by atoms with Crippen LogP contribution < -0.4 is 56.9 Å². The Labute approximate surface area is 152 Å². The Balaban J connectivity index is 0.00000200. The van der Waals surface area contributed by atoms with Crippen molar-refractivity contribution in [2.24, 2.45) is 0 Å². The number of fused-ring (bicyclic) bond motifs is 1. The molecule has 0 N–H and O–H groups in total. The van der Waals surface area contributed by atoms with E-state index in [0.29, 0.717) is 4.57 Å². The first-order valence-corrected chi connectivity index (χ1v) is 5.12. The van der Waals surface area contributed by atoms with Crippen LogP contribution in [-0.2, 0) is 6.44 Å². The summed E-state index contributed by atoms with van der Waals surface area (Å²) in [6.45, 7) is -5.20. The van der Waals surface area contributed by atoms with Crippen LogP contribution in [0.3, 0.4) is 0 Å². The maximum atomic E-state index is 12.3. The van der Waals surface area contributed by atoms with E-state index in [1.807, 2.05) is 0 Å². The average molecular weight is 311 g/mol. The van der Waals surface area contributed by atoms with Crippen molar-refractivity contribution in [1.82, 2.24) is 9.55 Å². The fourth-order valence-electron chi connectivity index (χ4n) is 1.61. The van der Waals surface area contributed by atoms with E-state index >= 15 is 0 Å². The van der Waals surface area contributed by atoms with Crippen LogP contribution in [0.2, 0.25) is 0 Å². The van der Waals surface area contributed by atoms with Gasteiger partial charge in [0.2, 0.25) is 0 Å². The Morgan fingerprint density at radius 2 is 2.00 bits per heavy atom. The molecule has 0 atom stereocenters. The van der Waals surface area contributed by atoms with Crippen LogP contribution in [0.25, 0.3) is 10.9 Å². The molecule has 0 aliphatic carbocycles. The van der Waals surface area contributed by atoms with Gasteiger partial charge in [-0.2, -0.15) is 0 Å². The van der Waals surface area contributed by atoms with Crippen molar-refractivity contribution >= 4 is 23.6 Å². The minimum absolute atomic E-state index is 0. The summed E-state index contributed by atoms with van der Waals surface area (Å²) < 4.78 is 37.3. The van der Waals surface area contributed by atoms with E-state index in [2.05, 4.69) is 4.98 Å². The summed E-state index contributed by atoms with van der Waals surface area (Å²) in [4.78, 5) is 25.3. The maximum Gasteiger partial charge on any atom is 1.00 e. The van der Waals surface area contributed by atoms with Crippen molar-refractivity contribution < 1.29 is 69.3 Å². The van der Waals surface area contributed by atoms with Crippen LogP contribution in [0.4, 0.5) is 18.6 Å². The van der Waals surface area contributed by atoms with Crippen molar-refractivity contribution in [3.05, 3.63) is 45.0 Å². The molecule has 11 heteroatoms. The van der Waals surface area contributed by atoms with Gasteiger partial charge >= 0.3 is 58.4 Å². The standard InChI is InChI=1S/C9H6BF3N3O3.K/c11-10(12,13)4-15-5-14-8-2-1-6(16(18)19)3-7(8)9(15)17;/h1-3,5H,4H2;/q-1;+1. The number of halogens is 3. The molecule has 20 heavy (non-hydrogen) atoms. The molecule has 1 aromatic heterocycles. The van der Waals surface area contributed by atoms with Gasteiger partial charge in [-0.05, 0) is 12.5 Å². The normalized spacial score (nSPS) is 11.2. The Hall–Kier alpha value is -0.749. The number of nitrogens with zero attached hydrogens (tertiary/aromatic N) is 3. The molecule has 6 nitrogen and oxygen atoms in total. The molecule has 0 amide bonds. The Bertz CT molecular complexity index is 719. The molecular formula is C9H6BF3KN3O3. The van der Waals surface area contributed by atoms with Crippen LogP contribution in [0.1, 0.15) is 0 Å². The molecule has 0 fully saturated rings. The van der Waals surface area contributed by atoms with E-state index in [-0.39, 0.29) is 68.0 Å². The van der Waals surface area contributed by atoms with Crippen molar-refractivity contribution in [2.45, 2.75) is 6.44 Å². The van der Waals surface area contributed by atoms with Gasteiger partial charge in [-0.3, -0.25) is 14.9 Å². The smallest absolute Gasteiger partial charge is 0.448 e. The van der Waals surface area contributed by atoms with Gasteiger partial charge in [-0.1, -0.05) is 0 Å². The summed E-state index contributed by atoms with van der Waals surface area (Å²) in [6.07, 6.45) is -0.643. The zero-order chi connectivity index (χ0) is 14.2. The minimum atomic E-state index is -5.20. The van der Waals surface area contributed by atoms with Crippen LogP contribution in [0.5, 0.6) is 0 Å². The van der Waals surface area contributed by atoms with Crippen molar-refractivity contribution in [3.8, 4) is 0 Å². The first-order chi connectivity index (χ1) is 8.78. The van der Waals surface area contributed by atoms with E-state index in [1.54, 1.807) is 0 Å². The van der Waals surface area contributed by atoms with Gasteiger partial charge in [0.05, 0.1) is 22.2 Å². The van der Waals surface area contributed by atoms with Crippen LogP contribution in [0.15, 0.2) is 29.3 Å². The second-order valence-electron chi connectivity index (χ2n) is 3.87. The van der Waals surface area contributed by atoms with Gasteiger partial charge in [-0.25, -0.2) is 4.98 Å². The van der Waals surface area contributed by atoms with E-state index in [9.17, 15) is 27.9 Å². The van der Waals surface area contributed by atoms with Crippen molar-refractivity contribution in [3.63, 3.8) is 0 Å². The summed E-state index contributed by atoms with van der Waals surface area (Å²) in [5.74, 6) is 0. The largest absolute Gasteiger partial charge is 1.00 e. The Morgan fingerprint density at radius 1 is 1.35 bits per heavy atom. The third-order valence-corrected chi connectivity index (χ3v) is 2.42. The second kappa shape index (κ2) is 6.35. The molecular weight excluding hydrogens is 305 g/mol. The predicted molar refractivity (Wildman–Crippen MR) is 61.7 cm³/mol. The van der Waals surface area contributed by atoms with Gasteiger partial charge in [0.25, 0.3) is 11.2 Å². The van der Waals surface area contributed by atoms with E-state index < -0.39 is 23.9 Å². The van der Waals surface area contributed by atoms with Crippen molar-refractivity contribution in [1.29, 1.82) is 0 Å². The molecule has 2 aromatic rings. The van der Waals surface area contributed by atoms with Crippen molar-refractivity contribution in [2.75, 3.05) is 0 Å².